The summed E-state index contributed by atoms with van der Waals surface area (Å²) in [6, 6.07) is 10.6. The molecule has 1 fully saturated rings. The highest BCUT2D eigenvalue weighted by atomic mass is 14.9. The molecule has 1 radical (unpaired) electrons. The molecule has 0 aromatic heterocycles. The predicted octanol–water partition coefficient (Wildman–Crippen LogP) is 2.24. The van der Waals surface area contributed by atoms with E-state index in [0.29, 0.717) is 0 Å². The van der Waals surface area contributed by atoms with Gasteiger partial charge >= 0.3 is 0 Å². The van der Waals surface area contributed by atoms with Gasteiger partial charge in [0.15, 0.2) is 0 Å². The van der Waals surface area contributed by atoms with Crippen LogP contribution in [0.5, 0.6) is 0 Å². The molecule has 1 nitrogen and oxygen atoms in total. The van der Waals surface area contributed by atoms with Crippen LogP contribution < -0.4 is 5.32 Å². The molecule has 0 saturated carbocycles. The van der Waals surface area contributed by atoms with Crippen LogP contribution >= 0.6 is 0 Å². The fourth-order valence-electron chi connectivity index (χ4n) is 1.85. The Bertz CT molecular complexity index is 237. The van der Waals surface area contributed by atoms with Gasteiger partial charge in [0.05, 0.1) is 0 Å². The van der Waals surface area contributed by atoms with Gasteiger partial charge in [-0.25, -0.2) is 0 Å². The zero-order valence-electron chi connectivity index (χ0n) is 7.87. The van der Waals surface area contributed by atoms with Gasteiger partial charge in [-0.05, 0) is 43.8 Å². The molecule has 1 aromatic rings. The highest BCUT2D eigenvalue weighted by molar-refractivity contribution is 5.23. The highest BCUT2D eigenvalue weighted by Gasteiger charge is 2.13. The van der Waals surface area contributed by atoms with E-state index in [-0.39, 0.29) is 0 Å². The van der Waals surface area contributed by atoms with Crippen LogP contribution in [0, 0.1) is 12.3 Å². The van der Waals surface area contributed by atoms with Crippen molar-refractivity contribution < 1.29 is 0 Å². The third-order valence-corrected chi connectivity index (χ3v) is 2.61. The van der Waals surface area contributed by atoms with Crippen molar-refractivity contribution in [1.29, 1.82) is 0 Å². The van der Waals surface area contributed by atoms with Gasteiger partial charge in [-0.2, -0.15) is 0 Å². The van der Waals surface area contributed by atoms with Crippen molar-refractivity contribution in [2.75, 3.05) is 13.1 Å². The van der Waals surface area contributed by atoms with Crippen LogP contribution in [-0.4, -0.2) is 13.1 Å². The summed E-state index contributed by atoms with van der Waals surface area (Å²) < 4.78 is 0. The van der Waals surface area contributed by atoms with Crippen LogP contribution in [0.4, 0.5) is 0 Å². The van der Waals surface area contributed by atoms with Crippen LogP contribution in [0.2, 0.25) is 0 Å². The van der Waals surface area contributed by atoms with Crippen molar-refractivity contribution in [2.24, 2.45) is 5.92 Å². The number of nitrogens with one attached hydrogen (secondary N) is 1. The number of hydrogen-bond acceptors (Lipinski definition) is 1. The van der Waals surface area contributed by atoms with Crippen molar-refractivity contribution in [3.63, 3.8) is 0 Å². The lowest BCUT2D eigenvalue weighted by atomic mass is 9.91. The molecule has 1 heteroatoms. The fraction of sp³-hybridized carbons (Fsp3) is 0.417. The quantitative estimate of drug-likeness (QED) is 0.725. The van der Waals surface area contributed by atoms with E-state index in [0.717, 1.165) is 5.92 Å². The monoisotopic (exact) mass is 174 g/mol. The Morgan fingerprint density at radius 2 is 1.77 bits per heavy atom. The summed E-state index contributed by atoms with van der Waals surface area (Å²) in [5.41, 5.74) is 1.37. The molecule has 0 unspecified atom stereocenters. The van der Waals surface area contributed by atoms with Gasteiger partial charge in [-0.15, -0.1) is 0 Å². The minimum Gasteiger partial charge on any atom is -0.317 e. The fourth-order valence-corrected chi connectivity index (χ4v) is 1.85. The minimum absolute atomic E-state index is 0.781. The lowest BCUT2D eigenvalue weighted by Gasteiger charge is -2.22. The van der Waals surface area contributed by atoms with Crippen LogP contribution in [-0.2, 0) is 0 Å². The predicted molar refractivity (Wildman–Crippen MR) is 55.4 cm³/mol. The summed E-state index contributed by atoms with van der Waals surface area (Å²) in [5.74, 6) is 0.781. The summed E-state index contributed by atoms with van der Waals surface area (Å²) in [5, 5.41) is 3.38. The molecule has 1 N–H and O–H groups in total. The third-order valence-electron chi connectivity index (χ3n) is 2.61. The molecule has 69 valence electrons. The molecule has 1 aromatic carbocycles. The molecule has 1 aliphatic rings. The molecule has 1 heterocycles. The first-order valence-electron chi connectivity index (χ1n) is 5.06. The van der Waals surface area contributed by atoms with Crippen molar-refractivity contribution in [2.45, 2.75) is 12.8 Å². The van der Waals surface area contributed by atoms with E-state index in [9.17, 15) is 0 Å². The zero-order valence-corrected chi connectivity index (χ0v) is 7.87. The second-order valence-corrected chi connectivity index (χ2v) is 3.66. The van der Waals surface area contributed by atoms with Crippen LogP contribution in [0.1, 0.15) is 18.4 Å². The van der Waals surface area contributed by atoms with Crippen molar-refractivity contribution >= 4 is 0 Å². The third kappa shape index (κ3) is 2.56. The van der Waals surface area contributed by atoms with Gasteiger partial charge in [0, 0.05) is 0 Å². The summed E-state index contributed by atoms with van der Waals surface area (Å²) >= 11 is 0. The summed E-state index contributed by atoms with van der Waals surface area (Å²) in [6.45, 7) is 2.35. The largest absolute Gasteiger partial charge is 0.317 e. The Morgan fingerprint density at radius 3 is 2.46 bits per heavy atom. The molecular weight excluding hydrogens is 158 g/mol. The zero-order chi connectivity index (χ0) is 8.93. The summed E-state index contributed by atoms with van der Waals surface area (Å²) in [6.07, 6.45) is 4.98. The maximum atomic E-state index is 3.38. The number of hydrogen-bond donors (Lipinski definition) is 1. The normalized spacial score (nSPS) is 18.8. The number of piperidine rings is 1. The Balaban J connectivity index is 1.90. The van der Waals surface area contributed by atoms with E-state index >= 15 is 0 Å². The number of rotatable bonds is 2. The van der Waals surface area contributed by atoms with Gasteiger partial charge in [0.25, 0.3) is 0 Å². The first-order valence-corrected chi connectivity index (χ1v) is 5.06. The van der Waals surface area contributed by atoms with E-state index in [1.807, 2.05) is 0 Å². The molecule has 0 aliphatic carbocycles. The first-order chi connectivity index (χ1) is 6.45. The van der Waals surface area contributed by atoms with Crippen LogP contribution in [0.15, 0.2) is 30.3 Å². The van der Waals surface area contributed by atoms with Crippen molar-refractivity contribution in [1.82, 2.24) is 5.32 Å². The van der Waals surface area contributed by atoms with E-state index in [4.69, 9.17) is 0 Å². The van der Waals surface area contributed by atoms with Gasteiger partial charge in [0.1, 0.15) is 0 Å². The van der Waals surface area contributed by atoms with Crippen molar-refractivity contribution in [3.05, 3.63) is 42.3 Å². The molecule has 0 amide bonds. The summed E-state index contributed by atoms with van der Waals surface area (Å²) in [4.78, 5) is 0. The van der Waals surface area contributed by atoms with Crippen LogP contribution in [0.25, 0.3) is 0 Å². The van der Waals surface area contributed by atoms with E-state index in [2.05, 4.69) is 42.1 Å². The standard InChI is InChI=1S/C12H16N/c1-2-4-11(5-3-1)10-12-6-8-13-9-7-12/h1-5,10,12-13H,6-9H2. The molecule has 1 saturated heterocycles. The second kappa shape index (κ2) is 4.43. The molecule has 2 rings (SSSR count). The highest BCUT2D eigenvalue weighted by Crippen LogP contribution is 2.19. The average Bonchev–Trinajstić information content (AvgIpc) is 2.21. The molecule has 0 spiro atoms. The molecule has 0 bridgehead atoms. The van der Waals surface area contributed by atoms with Gasteiger partial charge < -0.3 is 5.32 Å². The van der Waals surface area contributed by atoms with Crippen LogP contribution in [0.3, 0.4) is 0 Å². The Hall–Kier alpha value is -0.820. The van der Waals surface area contributed by atoms with Gasteiger partial charge in [0.2, 0.25) is 0 Å². The molecule has 1 aliphatic heterocycles. The molecular formula is C12H16N. The lowest BCUT2D eigenvalue weighted by molar-refractivity contribution is 0.420. The van der Waals surface area contributed by atoms with E-state index < -0.39 is 0 Å². The topological polar surface area (TPSA) is 12.0 Å². The van der Waals surface area contributed by atoms with E-state index in [1.54, 1.807) is 0 Å². The SMILES string of the molecule is [CH](c1ccccc1)C1CCNCC1. The smallest absolute Gasteiger partial charge is 0.00460 e. The minimum atomic E-state index is 0.781. The van der Waals surface area contributed by atoms with Gasteiger partial charge in [-0.1, -0.05) is 30.3 Å². The van der Waals surface area contributed by atoms with E-state index in [1.165, 1.54) is 31.5 Å². The Kier molecular flexibility index (Phi) is 2.98. The van der Waals surface area contributed by atoms with Crippen molar-refractivity contribution in [3.8, 4) is 0 Å². The Morgan fingerprint density at radius 1 is 1.08 bits per heavy atom. The average molecular weight is 174 g/mol. The number of benzene rings is 1. The Labute approximate surface area is 80.2 Å². The van der Waals surface area contributed by atoms with Gasteiger partial charge in [-0.3, -0.25) is 0 Å². The first kappa shape index (κ1) is 8.76. The maximum Gasteiger partial charge on any atom is -0.00460 e. The molecule has 0 atom stereocenters. The summed E-state index contributed by atoms with van der Waals surface area (Å²) in [7, 11) is 0. The lowest BCUT2D eigenvalue weighted by Crippen LogP contribution is -2.28. The second-order valence-electron chi connectivity index (χ2n) is 3.66. The molecule has 13 heavy (non-hydrogen) atoms. The maximum absolute atomic E-state index is 3.38.